The maximum Gasteiger partial charge on any atom is 0.247 e. The largest absolute Gasteiger partial charge is 0.331 e. The van der Waals surface area contributed by atoms with E-state index in [9.17, 15) is 17.6 Å². The van der Waals surface area contributed by atoms with E-state index in [1.165, 1.54) is 23.1 Å². The van der Waals surface area contributed by atoms with Gasteiger partial charge >= 0.3 is 0 Å². The standard InChI is InChI=1S/C29H25ClFN3O3S/c30-26-12-7-13-27(31)25(26)19-33(24-16-17-38(36,37)20-24)28(35)15-14-22-18-34(23-10-5-2-6-11-23)32-29(22)21-8-3-1-4-9-21/h1-15,18,24H,16-17,19-20H2/b15-14+. The third kappa shape index (κ3) is 5.71. The Balaban J connectivity index is 1.50. The second-order valence-electron chi connectivity index (χ2n) is 9.14. The number of para-hydroxylation sites is 1. The summed E-state index contributed by atoms with van der Waals surface area (Å²) in [5.41, 5.74) is 3.29. The molecule has 5 rings (SSSR count). The van der Waals surface area contributed by atoms with Crippen molar-refractivity contribution in [2.45, 2.75) is 19.0 Å². The first kappa shape index (κ1) is 25.9. The van der Waals surface area contributed by atoms with E-state index >= 15 is 0 Å². The van der Waals surface area contributed by atoms with E-state index in [1.54, 1.807) is 16.8 Å². The number of rotatable bonds is 7. The Morgan fingerprint density at radius 2 is 1.76 bits per heavy atom. The number of hydrogen-bond donors (Lipinski definition) is 0. The molecule has 4 aromatic rings. The third-order valence-corrected chi connectivity index (χ3v) is 8.64. The van der Waals surface area contributed by atoms with Gasteiger partial charge in [-0.25, -0.2) is 17.5 Å². The molecule has 6 nitrogen and oxygen atoms in total. The molecule has 1 atom stereocenters. The van der Waals surface area contributed by atoms with Crippen molar-refractivity contribution in [1.29, 1.82) is 0 Å². The molecule has 2 heterocycles. The second kappa shape index (κ2) is 10.9. The monoisotopic (exact) mass is 549 g/mol. The van der Waals surface area contributed by atoms with E-state index < -0.39 is 27.6 Å². The lowest BCUT2D eigenvalue weighted by Crippen LogP contribution is -2.40. The lowest BCUT2D eigenvalue weighted by atomic mass is 10.1. The van der Waals surface area contributed by atoms with E-state index in [-0.39, 0.29) is 35.1 Å². The molecule has 0 radical (unpaired) electrons. The van der Waals surface area contributed by atoms with Crippen molar-refractivity contribution in [2.75, 3.05) is 11.5 Å². The van der Waals surface area contributed by atoms with Gasteiger partial charge in [-0.15, -0.1) is 0 Å². The van der Waals surface area contributed by atoms with Gasteiger partial charge in [0, 0.05) is 40.0 Å². The molecule has 0 saturated carbocycles. The van der Waals surface area contributed by atoms with Gasteiger partial charge in [0.15, 0.2) is 9.84 Å². The normalized spacial score (nSPS) is 16.6. The molecule has 1 aliphatic rings. The number of amides is 1. The van der Waals surface area contributed by atoms with E-state index in [0.717, 1.165) is 11.3 Å². The number of benzene rings is 3. The molecule has 0 N–H and O–H groups in total. The van der Waals surface area contributed by atoms with Gasteiger partial charge in [0.1, 0.15) is 5.82 Å². The molecule has 9 heteroatoms. The van der Waals surface area contributed by atoms with E-state index in [0.29, 0.717) is 11.3 Å². The minimum absolute atomic E-state index is 0.0157. The van der Waals surface area contributed by atoms with Gasteiger partial charge in [-0.1, -0.05) is 66.2 Å². The highest BCUT2D eigenvalue weighted by molar-refractivity contribution is 7.91. The predicted molar refractivity (Wildman–Crippen MR) is 147 cm³/mol. The zero-order chi connectivity index (χ0) is 26.7. The number of carbonyl (C=O) groups excluding carboxylic acids is 1. The van der Waals surface area contributed by atoms with Gasteiger partial charge in [-0.2, -0.15) is 5.10 Å². The molecular formula is C29H25ClFN3O3S. The average Bonchev–Trinajstić information content (AvgIpc) is 3.51. The topological polar surface area (TPSA) is 72.3 Å². The molecule has 1 unspecified atom stereocenters. The van der Waals surface area contributed by atoms with Gasteiger partial charge in [-0.3, -0.25) is 4.79 Å². The summed E-state index contributed by atoms with van der Waals surface area (Å²) in [7, 11) is -3.28. The summed E-state index contributed by atoms with van der Waals surface area (Å²) in [6.45, 7) is -0.135. The van der Waals surface area contributed by atoms with Crippen LogP contribution in [0.3, 0.4) is 0 Å². The summed E-state index contributed by atoms with van der Waals surface area (Å²) in [6.07, 6.45) is 5.17. The van der Waals surface area contributed by atoms with Crippen LogP contribution in [0.25, 0.3) is 23.0 Å². The van der Waals surface area contributed by atoms with E-state index in [1.807, 2.05) is 66.9 Å². The summed E-state index contributed by atoms with van der Waals surface area (Å²) in [5, 5.41) is 4.94. The van der Waals surface area contributed by atoms with E-state index in [4.69, 9.17) is 16.7 Å². The molecule has 1 aromatic heterocycles. The van der Waals surface area contributed by atoms with Crippen LogP contribution >= 0.6 is 11.6 Å². The van der Waals surface area contributed by atoms with Crippen LogP contribution in [0, 0.1) is 5.82 Å². The molecule has 3 aromatic carbocycles. The fraction of sp³-hybridized carbons (Fsp3) is 0.172. The molecule has 194 valence electrons. The maximum absolute atomic E-state index is 14.6. The van der Waals surface area contributed by atoms with Crippen LogP contribution in [0.15, 0.2) is 91.1 Å². The summed E-state index contributed by atoms with van der Waals surface area (Å²) in [5.74, 6) is -1.16. The molecule has 0 bridgehead atoms. The molecule has 1 amide bonds. The average molecular weight is 550 g/mol. The van der Waals surface area contributed by atoms with E-state index in [2.05, 4.69) is 0 Å². The maximum atomic E-state index is 14.6. The van der Waals surface area contributed by atoms with Crippen molar-refractivity contribution < 1.29 is 17.6 Å². The lowest BCUT2D eigenvalue weighted by molar-refractivity contribution is -0.128. The summed E-state index contributed by atoms with van der Waals surface area (Å²) >= 11 is 6.24. The molecule has 1 aliphatic heterocycles. The van der Waals surface area contributed by atoms with Gasteiger partial charge in [0.05, 0.1) is 29.4 Å². The SMILES string of the molecule is O=C(/C=C/c1cn(-c2ccccc2)nc1-c1ccccc1)N(Cc1c(F)cccc1Cl)C1CCS(=O)(=O)C1. The zero-order valence-electron chi connectivity index (χ0n) is 20.4. The van der Waals surface area contributed by atoms with Gasteiger partial charge in [-0.05, 0) is 36.8 Å². The van der Waals surface area contributed by atoms with Crippen LogP contribution in [0.4, 0.5) is 4.39 Å². The number of nitrogens with zero attached hydrogens (tertiary/aromatic N) is 3. The number of carbonyl (C=O) groups is 1. The first-order valence-electron chi connectivity index (χ1n) is 12.1. The van der Waals surface area contributed by atoms with Crippen molar-refractivity contribution in [3.8, 4) is 16.9 Å². The minimum atomic E-state index is -3.28. The number of sulfone groups is 1. The van der Waals surface area contributed by atoms with Gasteiger partial charge < -0.3 is 4.90 Å². The Morgan fingerprint density at radius 3 is 2.42 bits per heavy atom. The molecule has 0 spiro atoms. The summed E-state index contributed by atoms with van der Waals surface area (Å²) in [4.78, 5) is 14.9. The van der Waals surface area contributed by atoms with Crippen molar-refractivity contribution in [1.82, 2.24) is 14.7 Å². The van der Waals surface area contributed by atoms with Crippen LogP contribution in [0.2, 0.25) is 5.02 Å². The fourth-order valence-corrected chi connectivity index (χ4v) is 6.51. The van der Waals surface area contributed by atoms with Crippen LogP contribution in [0.5, 0.6) is 0 Å². The smallest absolute Gasteiger partial charge is 0.247 e. The number of hydrogen-bond acceptors (Lipinski definition) is 4. The molecule has 1 fully saturated rings. The number of aromatic nitrogens is 2. The summed E-state index contributed by atoms with van der Waals surface area (Å²) in [6, 6.07) is 23.0. The van der Waals surface area contributed by atoms with Crippen LogP contribution in [-0.4, -0.2) is 46.6 Å². The Morgan fingerprint density at radius 1 is 1.05 bits per heavy atom. The lowest BCUT2D eigenvalue weighted by Gasteiger charge is -2.28. The molecule has 0 aliphatic carbocycles. The van der Waals surface area contributed by atoms with Crippen molar-refractivity contribution in [3.63, 3.8) is 0 Å². The minimum Gasteiger partial charge on any atom is -0.331 e. The first-order chi connectivity index (χ1) is 18.3. The highest BCUT2D eigenvalue weighted by atomic mass is 35.5. The fourth-order valence-electron chi connectivity index (χ4n) is 4.56. The quantitative estimate of drug-likeness (QED) is 0.283. The van der Waals surface area contributed by atoms with Gasteiger partial charge in [0.2, 0.25) is 5.91 Å². The van der Waals surface area contributed by atoms with Gasteiger partial charge in [0.25, 0.3) is 0 Å². The summed E-state index contributed by atoms with van der Waals surface area (Å²) < 4.78 is 40.8. The predicted octanol–water partition coefficient (Wildman–Crippen LogP) is 5.56. The Kier molecular flexibility index (Phi) is 7.44. The highest BCUT2D eigenvalue weighted by Gasteiger charge is 2.34. The molecule has 1 saturated heterocycles. The van der Waals surface area contributed by atoms with Crippen LogP contribution in [0.1, 0.15) is 17.5 Å². The van der Waals surface area contributed by atoms with Crippen molar-refractivity contribution in [3.05, 3.63) is 113 Å². The molecule has 38 heavy (non-hydrogen) atoms. The molecular weight excluding hydrogens is 525 g/mol. The van der Waals surface area contributed by atoms with Crippen molar-refractivity contribution >= 4 is 33.4 Å². The second-order valence-corrected chi connectivity index (χ2v) is 11.8. The Hall–Kier alpha value is -3.75. The Bertz CT molecular complexity index is 1570. The van der Waals surface area contributed by atoms with Crippen molar-refractivity contribution in [2.24, 2.45) is 0 Å². The van der Waals surface area contributed by atoms with Crippen LogP contribution < -0.4 is 0 Å². The first-order valence-corrected chi connectivity index (χ1v) is 14.3. The zero-order valence-corrected chi connectivity index (χ0v) is 21.9. The Labute approximate surface area is 225 Å². The third-order valence-electron chi connectivity index (χ3n) is 6.54. The number of halogens is 2. The highest BCUT2D eigenvalue weighted by Crippen LogP contribution is 2.27. The van der Waals surface area contributed by atoms with Crippen LogP contribution in [-0.2, 0) is 21.2 Å².